The number of halogens is 1. The molecule has 0 bridgehead atoms. The number of alkyl halides is 1. The van der Waals surface area contributed by atoms with Gasteiger partial charge in [0.2, 0.25) is 0 Å². The van der Waals surface area contributed by atoms with E-state index < -0.39 is 0 Å². The molecule has 0 saturated carbocycles. The van der Waals surface area contributed by atoms with Crippen molar-refractivity contribution >= 4 is 17.7 Å². The first kappa shape index (κ1) is 13.3. The Balaban J connectivity index is 3.18. The summed E-state index contributed by atoms with van der Waals surface area (Å²) in [5.41, 5.74) is 6.62. The van der Waals surface area contributed by atoms with E-state index in [0.29, 0.717) is 11.8 Å². The molecule has 1 aromatic carbocycles. The molecule has 1 aromatic rings. The number of aryl methyl sites for hydroxylation is 3. The van der Waals surface area contributed by atoms with Crippen molar-refractivity contribution in [1.82, 2.24) is 0 Å². The van der Waals surface area contributed by atoms with Crippen LogP contribution in [0.15, 0.2) is 17.7 Å². The lowest BCUT2D eigenvalue weighted by atomic mass is 9.96. The Labute approximate surface area is 104 Å². The SMILES string of the molecule is Cc1cc(C)c(C=C(CCl)C(C)C)cc1C. The van der Waals surface area contributed by atoms with E-state index in [1.165, 1.54) is 27.8 Å². The fourth-order valence-electron chi connectivity index (χ4n) is 1.70. The smallest absolute Gasteiger partial charge is 0.0439 e. The molecule has 0 amide bonds. The van der Waals surface area contributed by atoms with Crippen molar-refractivity contribution in [1.29, 1.82) is 0 Å². The summed E-state index contributed by atoms with van der Waals surface area (Å²) in [6.45, 7) is 10.8. The van der Waals surface area contributed by atoms with Crippen LogP contribution in [-0.2, 0) is 0 Å². The highest BCUT2D eigenvalue weighted by atomic mass is 35.5. The molecule has 1 rings (SSSR count). The van der Waals surface area contributed by atoms with Crippen molar-refractivity contribution in [2.45, 2.75) is 34.6 Å². The van der Waals surface area contributed by atoms with Crippen LogP contribution in [0.5, 0.6) is 0 Å². The zero-order chi connectivity index (χ0) is 12.3. The molecule has 0 saturated heterocycles. The average Bonchev–Trinajstić information content (AvgIpc) is 2.21. The predicted octanol–water partition coefficient (Wildman–Crippen LogP) is 4.89. The third-order valence-corrected chi connectivity index (χ3v) is 3.43. The van der Waals surface area contributed by atoms with E-state index in [9.17, 15) is 0 Å². The van der Waals surface area contributed by atoms with Gasteiger partial charge >= 0.3 is 0 Å². The van der Waals surface area contributed by atoms with E-state index in [-0.39, 0.29) is 0 Å². The van der Waals surface area contributed by atoms with Crippen LogP contribution in [0.4, 0.5) is 0 Å². The van der Waals surface area contributed by atoms with Crippen molar-refractivity contribution in [3.8, 4) is 0 Å². The lowest BCUT2D eigenvalue weighted by Crippen LogP contribution is -1.96. The van der Waals surface area contributed by atoms with Crippen molar-refractivity contribution < 1.29 is 0 Å². The fraction of sp³-hybridized carbons (Fsp3) is 0.467. The average molecular weight is 237 g/mol. The third-order valence-electron chi connectivity index (χ3n) is 3.12. The standard InChI is InChI=1S/C15H21Cl/c1-10(2)15(9-16)8-14-7-12(4)11(3)6-13(14)5/h6-8,10H,9H2,1-5H3. The first-order chi connectivity index (χ1) is 7.45. The largest absolute Gasteiger partial charge is 0.122 e. The number of hydrogen-bond donors (Lipinski definition) is 0. The lowest BCUT2D eigenvalue weighted by molar-refractivity contribution is 0.778. The van der Waals surface area contributed by atoms with E-state index in [1.807, 2.05) is 0 Å². The molecule has 0 unspecified atom stereocenters. The number of benzene rings is 1. The van der Waals surface area contributed by atoms with Crippen LogP contribution in [-0.4, -0.2) is 5.88 Å². The van der Waals surface area contributed by atoms with Crippen molar-refractivity contribution in [3.63, 3.8) is 0 Å². The summed E-state index contributed by atoms with van der Waals surface area (Å²) in [6, 6.07) is 4.49. The quantitative estimate of drug-likeness (QED) is 0.656. The monoisotopic (exact) mass is 236 g/mol. The normalized spacial score (nSPS) is 12.3. The maximum absolute atomic E-state index is 5.97. The summed E-state index contributed by atoms with van der Waals surface area (Å²) in [5.74, 6) is 1.13. The Morgan fingerprint density at radius 2 is 1.69 bits per heavy atom. The molecule has 0 radical (unpaired) electrons. The topological polar surface area (TPSA) is 0 Å². The predicted molar refractivity (Wildman–Crippen MR) is 74.2 cm³/mol. The Hall–Kier alpha value is -0.750. The van der Waals surface area contributed by atoms with E-state index in [1.54, 1.807) is 0 Å². The van der Waals surface area contributed by atoms with Gasteiger partial charge in [0.15, 0.2) is 0 Å². The molecular weight excluding hydrogens is 216 g/mol. The van der Waals surface area contributed by atoms with Crippen LogP contribution in [0.2, 0.25) is 0 Å². The molecule has 0 fully saturated rings. The van der Waals surface area contributed by atoms with Crippen molar-refractivity contribution in [2.24, 2.45) is 5.92 Å². The van der Waals surface area contributed by atoms with Gasteiger partial charge < -0.3 is 0 Å². The van der Waals surface area contributed by atoms with E-state index in [4.69, 9.17) is 11.6 Å². The van der Waals surface area contributed by atoms with Gasteiger partial charge in [0.1, 0.15) is 0 Å². The first-order valence-corrected chi connectivity index (χ1v) is 6.33. The molecule has 0 heterocycles. The zero-order valence-electron chi connectivity index (χ0n) is 10.9. The summed E-state index contributed by atoms with van der Waals surface area (Å²) in [5, 5.41) is 0. The van der Waals surface area contributed by atoms with Gasteiger partial charge in [0.25, 0.3) is 0 Å². The molecule has 0 aliphatic heterocycles. The van der Waals surface area contributed by atoms with Gasteiger partial charge in [-0.15, -0.1) is 11.6 Å². The molecule has 1 heteroatoms. The van der Waals surface area contributed by atoms with E-state index >= 15 is 0 Å². The van der Waals surface area contributed by atoms with Crippen LogP contribution in [0, 0.1) is 26.7 Å². The zero-order valence-corrected chi connectivity index (χ0v) is 11.7. The number of allylic oxidation sites excluding steroid dienone is 1. The second-order valence-corrected chi connectivity index (χ2v) is 5.07. The van der Waals surface area contributed by atoms with Gasteiger partial charge in [0.05, 0.1) is 0 Å². The molecule has 88 valence electrons. The van der Waals surface area contributed by atoms with Crippen LogP contribution < -0.4 is 0 Å². The molecule has 0 aliphatic rings. The second-order valence-electron chi connectivity index (χ2n) is 4.80. The Bertz CT molecular complexity index is 400. The maximum atomic E-state index is 5.97. The van der Waals surface area contributed by atoms with Crippen molar-refractivity contribution in [3.05, 3.63) is 40.0 Å². The minimum atomic E-state index is 0.513. The Morgan fingerprint density at radius 1 is 1.12 bits per heavy atom. The lowest BCUT2D eigenvalue weighted by Gasteiger charge is -2.11. The van der Waals surface area contributed by atoms with Crippen molar-refractivity contribution in [2.75, 3.05) is 5.88 Å². The highest BCUT2D eigenvalue weighted by Gasteiger charge is 2.04. The van der Waals surface area contributed by atoms with E-state index in [0.717, 1.165) is 0 Å². The summed E-state index contributed by atoms with van der Waals surface area (Å²) in [7, 11) is 0. The minimum Gasteiger partial charge on any atom is -0.122 e. The van der Waals surface area contributed by atoms with E-state index in [2.05, 4.69) is 52.8 Å². The second kappa shape index (κ2) is 5.54. The van der Waals surface area contributed by atoms with Gasteiger partial charge in [-0.1, -0.05) is 37.6 Å². The Kier molecular flexibility index (Phi) is 4.61. The molecule has 0 nitrogen and oxygen atoms in total. The molecule has 0 aromatic heterocycles. The van der Waals surface area contributed by atoms with Crippen LogP contribution in [0.25, 0.3) is 6.08 Å². The third kappa shape index (κ3) is 3.12. The molecule has 0 N–H and O–H groups in total. The van der Waals surface area contributed by atoms with Gasteiger partial charge in [-0.3, -0.25) is 0 Å². The maximum Gasteiger partial charge on any atom is 0.0439 e. The number of hydrogen-bond acceptors (Lipinski definition) is 0. The van der Waals surface area contributed by atoms with Crippen LogP contribution in [0.3, 0.4) is 0 Å². The minimum absolute atomic E-state index is 0.513. The first-order valence-electron chi connectivity index (χ1n) is 5.80. The van der Waals surface area contributed by atoms with Gasteiger partial charge in [-0.05, 0) is 48.9 Å². The van der Waals surface area contributed by atoms with Crippen LogP contribution >= 0.6 is 11.6 Å². The molecule has 0 atom stereocenters. The molecule has 16 heavy (non-hydrogen) atoms. The highest BCUT2D eigenvalue weighted by molar-refractivity contribution is 6.19. The fourth-order valence-corrected chi connectivity index (χ4v) is 2.08. The highest BCUT2D eigenvalue weighted by Crippen LogP contribution is 2.21. The van der Waals surface area contributed by atoms with Gasteiger partial charge in [0, 0.05) is 5.88 Å². The number of rotatable bonds is 3. The molecule has 0 spiro atoms. The Morgan fingerprint density at radius 3 is 2.19 bits per heavy atom. The summed E-state index contributed by atoms with van der Waals surface area (Å²) in [4.78, 5) is 0. The molecular formula is C15H21Cl. The van der Waals surface area contributed by atoms with Gasteiger partial charge in [-0.2, -0.15) is 0 Å². The summed E-state index contributed by atoms with van der Waals surface area (Å²) >= 11 is 5.97. The molecule has 0 aliphatic carbocycles. The summed E-state index contributed by atoms with van der Waals surface area (Å²) < 4.78 is 0. The van der Waals surface area contributed by atoms with Gasteiger partial charge in [-0.25, -0.2) is 0 Å². The van der Waals surface area contributed by atoms with Crippen LogP contribution in [0.1, 0.15) is 36.1 Å². The summed E-state index contributed by atoms with van der Waals surface area (Å²) in [6.07, 6.45) is 2.24.